The van der Waals surface area contributed by atoms with Crippen LogP contribution >= 0.6 is 35.6 Å². The van der Waals surface area contributed by atoms with E-state index < -0.39 is 0 Å². The Bertz CT molecular complexity index is 1370. The average molecular weight is 568 g/mol. The summed E-state index contributed by atoms with van der Waals surface area (Å²) in [5, 5.41) is 1.84. The molecule has 1 atom stereocenters. The van der Waals surface area contributed by atoms with Gasteiger partial charge in [-0.15, -0.1) is 24.0 Å². The largest absolute Gasteiger partial charge is 0.383 e. The van der Waals surface area contributed by atoms with Crippen molar-refractivity contribution in [1.29, 1.82) is 0 Å². The molecule has 0 aliphatic carbocycles. The van der Waals surface area contributed by atoms with Crippen molar-refractivity contribution in [2.75, 3.05) is 0 Å². The van der Waals surface area contributed by atoms with Crippen LogP contribution in [0.1, 0.15) is 23.0 Å². The highest BCUT2D eigenvalue weighted by Gasteiger charge is 2.19. The van der Waals surface area contributed by atoms with Crippen LogP contribution in [0.25, 0.3) is 22.2 Å². The monoisotopic (exact) mass is 567 g/mol. The Labute approximate surface area is 214 Å². The molecule has 0 fully saturated rings. The molecule has 3 aromatic carbocycles. The van der Waals surface area contributed by atoms with E-state index in [-0.39, 0.29) is 30.0 Å². The summed E-state index contributed by atoms with van der Waals surface area (Å²) in [5.41, 5.74) is 11.5. The first-order valence-corrected chi connectivity index (χ1v) is 10.8. The van der Waals surface area contributed by atoms with Crippen LogP contribution in [0.5, 0.6) is 0 Å². The number of aromatic amines is 2. The first kappa shape index (κ1) is 23.1. The average Bonchev–Trinajstić information content (AvgIpc) is 3.48. The van der Waals surface area contributed by atoms with Crippen LogP contribution in [-0.2, 0) is 6.42 Å². The number of amidine groups is 1. The summed E-state index contributed by atoms with van der Waals surface area (Å²) in [5.74, 6) is 1.22. The number of halogens is 2. The molecule has 0 spiro atoms. The highest BCUT2D eigenvalue weighted by molar-refractivity contribution is 14.0. The van der Waals surface area contributed by atoms with E-state index >= 15 is 0 Å². The van der Waals surface area contributed by atoms with Gasteiger partial charge < -0.3 is 15.7 Å². The zero-order valence-electron chi connectivity index (χ0n) is 17.7. The highest BCUT2D eigenvalue weighted by atomic mass is 127. The zero-order valence-corrected chi connectivity index (χ0v) is 20.8. The van der Waals surface area contributed by atoms with Crippen molar-refractivity contribution in [1.82, 2.24) is 15.0 Å². The Morgan fingerprint density at radius 1 is 0.970 bits per heavy atom. The summed E-state index contributed by atoms with van der Waals surface area (Å²) in [6.07, 6.45) is 4.54. The molecule has 7 heteroatoms. The van der Waals surface area contributed by atoms with Crippen LogP contribution in [0.4, 0.5) is 0 Å². The van der Waals surface area contributed by atoms with Gasteiger partial charge in [0.05, 0.1) is 11.9 Å². The van der Waals surface area contributed by atoms with Crippen LogP contribution in [0, 0.1) is 0 Å². The predicted molar refractivity (Wildman–Crippen MR) is 146 cm³/mol. The Kier molecular flexibility index (Phi) is 7.15. The number of nitrogens with zero attached hydrogens (tertiary/aromatic N) is 2. The molecule has 0 amide bonds. The molecule has 0 saturated carbocycles. The van der Waals surface area contributed by atoms with Gasteiger partial charge in [-0.25, -0.2) is 4.98 Å². The van der Waals surface area contributed by atoms with Gasteiger partial charge in [0.25, 0.3) is 0 Å². The molecule has 0 unspecified atom stereocenters. The van der Waals surface area contributed by atoms with E-state index in [4.69, 9.17) is 22.3 Å². The molecule has 0 saturated heterocycles. The first-order chi connectivity index (χ1) is 15.7. The van der Waals surface area contributed by atoms with Crippen molar-refractivity contribution >= 4 is 52.3 Å². The summed E-state index contributed by atoms with van der Waals surface area (Å²) in [7, 11) is 0. The molecule has 0 radical (unpaired) electrons. The Morgan fingerprint density at radius 2 is 1.70 bits per heavy atom. The minimum atomic E-state index is -0.276. The number of fused-ring (bicyclic) bond motifs is 1. The SMILES string of the molecule is I.NC(=N[C@H](Cc1c[nH]c2ccccc12)c1ncc(-c2ccccc2)[nH]1)c1ccc(Cl)cc1. The topological polar surface area (TPSA) is 82.8 Å². The molecular weight excluding hydrogens is 545 g/mol. The summed E-state index contributed by atoms with van der Waals surface area (Å²) in [6, 6.07) is 25.5. The number of benzene rings is 3. The molecule has 5 aromatic rings. The van der Waals surface area contributed by atoms with E-state index in [1.807, 2.05) is 67.0 Å². The summed E-state index contributed by atoms with van der Waals surface area (Å²) in [6.45, 7) is 0. The van der Waals surface area contributed by atoms with Crippen LogP contribution < -0.4 is 5.73 Å². The molecule has 0 aliphatic heterocycles. The highest BCUT2D eigenvalue weighted by Crippen LogP contribution is 2.28. The lowest BCUT2D eigenvalue weighted by atomic mass is 10.0. The molecule has 33 heavy (non-hydrogen) atoms. The van der Waals surface area contributed by atoms with Crippen LogP contribution in [0.2, 0.25) is 5.02 Å². The molecule has 2 aromatic heterocycles. The number of hydrogen-bond acceptors (Lipinski definition) is 2. The minimum Gasteiger partial charge on any atom is -0.383 e. The van der Waals surface area contributed by atoms with Gasteiger partial charge in [0.1, 0.15) is 17.7 Å². The third kappa shape index (κ3) is 5.12. The van der Waals surface area contributed by atoms with Crippen molar-refractivity contribution in [2.45, 2.75) is 12.5 Å². The normalized spacial score (nSPS) is 12.5. The standard InChI is InChI=1S/C26H22ClN5.HI/c27-20-12-10-18(11-13-20)25(28)31-23(14-19-15-29-22-9-5-4-8-21(19)22)26-30-16-24(32-26)17-6-2-1-3-7-17;/h1-13,15-16,23,29H,14H2,(H2,28,31)(H,30,32);1H/t23-;/m1./s1. The van der Waals surface area contributed by atoms with Gasteiger partial charge in [-0.1, -0.05) is 60.1 Å². The van der Waals surface area contributed by atoms with Gasteiger partial charge in [0.15, 0.2) is 0 Å². The maximum absolute atomic E-state index is 6.40. The van der Waals surface area contributed by atoms with Crippen molar-refractivity contribution in [3.8, 4) is 11.3 Å². The fourth-order valence-corrected chi connectivity index (χ4v) is 3.97. The van der Waals surface area contributed by atoms with E-state index in [9.17, 15) is 0 Å². The van der Waals surface area contributed by atoms with E-state index in [2.05, 4.69) is 39.2 Å². The van der Waals surface area contributed by atoms with Gasteiger partial charge >= 0.3 is 0 Å². The molecule has 0 bridgehead atoms. The summed E-state index contributed by atoms with van der Waals surface area (Å²) < 4.78 is 0. The fourth-order valence-electron chi connectivity index (χ4n) is 3.85. The number of nitrogens with one attached hydrogen (secondary N) is 2. The van der Waals surface area contributed by atoms with Crippen LogP contribution in [-0.4, -0.2) is 20.8 Å². The number of H-pyrrole nitrogens is 2. The Balaban J connectivity index is 0.00000259. The van der Waals surface area contributed by atoms with E-state index in [0.717, 1.165) is 33.7 Å². The molecule has 5 rings (SSSR count). The zero-order chi connectivity index (χ0) is 21.9. The van der Waals surface area contributed by atoms with Gasteiger partial charge in [0.2, 0.25) is 0 Å². The van der Waals surface area contributed by atoms with Crippen molar-refractivity contribution < 1.29 is 0 Å². The number of aromatic nitrogens is 3. The number of rotatable bonds is 6. The lowest BCUT2D eigenvalue weighted by molar-refractivity contribution is 0.682. The number of nitrogens with two attached hydrogens (primary N) is 1. The van der Waals surface area contributed by atoms with Gasteiger partial charge in [0, 0.05) is 34.1 Å². The maximum Gasteiger partial charge on any atom is 0.131 e. The molecule has 2 heterocycles. The van der Waals surface area contributed by atoms with Gasteiger partial charge in [-0.2, -0.15) is 0 Å². The second kappa shape index (κ2) is 10.2. The second-order valence-corrected chi connectivity index (χ2v) is 8.09. The van der Waals surface area contributed by atoms with E-state index in [0.29, 0.717) is 17.3 Å². The number of hydrogen-bond donors (Lipinski definition) is 3. The molecule has 166 valence electrons. The number of imidazole rings is 1. The van der Waals surface area contributed by atoms with Crippen LogP contribution in [0.3, 0.4) is 0 Å². The van der Waals surface area contributed by atoms with Crippen molar-refractivity contribution in [2.24, 2.45) is 10.7 Å². The third-order valence-corrected chi connectivity index (χ3v) is 5.77. The quantitative estimate of drug-likeness (QED) is 0.124. The predicted octanol–water partition coefficient (Wildman–Crippen LogP) is 6.52. The Morgan fingerprint density at radius 3 is 2.48 bits per heavy atom. The number of aliphatic imine (C=N–C) groups is 1. The lowest BCUT2D eigenvalue weighted by Crippen LogP contribution is -2.16. The summed E-state index contributed by atoms with van der Waals surface area (Å²) >= 11 is 6.03. The second-order valence-electron chi connectivity index (χ2n) is 7.65. The van der Waals surface area contributed by atoms with E-state index in [1.165, 1.54) is 5.39 Å². The van der Waals surface area contributed by atoms with Crippen molar-refractivity contribution in [3.63, 3.8) is 0 Å². The smallest absolute Gasteiger partial charge is 0.131 e. The molecule has 0 aliphatic rings. The number of para-hydroxylation sites is 1. The third-order valence-electron chi connectivity index (χ3n) is 5.52. The maximum atomic E-state index is 6.40. The van der Waals surface area contributed by atoms with Crippen molar-refractivity contribution in [3.05, 3.63) is 113 Å². The van der Waals surface area contributed by atoms with Gasteiger partial charge in [-0.3, -0.25) is 4.99 Å². The van der Waals surface area contributed by atoms with Crippen LogP contribution in [0.15, 0.2) is 96.2 Å². The van der Waals surface area contributed by atoms with E-state index in [1.54, 1.807) is 0 Å². The molecule has 5 nitrogen and oxygen atoms in total. The first-order valence-electron chi connectivity index (χ1n) is 10.4. The molecule has 4 N–H and O–H groups in total. The minimum absolute atomic E-state index is 0. The fraction of sp³-hybridized carbons (Fsp3) is 0.0769. The lowest BCUT2D eigenvalue weighted by Gasteiger charge is -2.12. The summed E-state index contributed by atoms with van der Waals surface area (Å²) in [4.78, 5) is 16.3. The Hall–Kier alpha value is -3.10. The molecular formula is C26H23ClIN5. The van der Waals surface area contributed by atoms with Gasteiger partial charge in [-0.05, 0) is 41.5 Å².